The highest BCUT2D eigenvalue weighted by molar-refractivity contribution is 7.76. The van der Waals surface area contributed by atoms with Crippen LogP contribution in [0, 0.1) is 0 Å². The Morgan fingerprint density at radius 2 is 2.07 bits per heavy atom. The minimum Gasteiger partial charge on any atom is -0.760 e. The van der Waals surface area contributed by atoms with Crippen LogP contribution in [0.3, 0.4) is 0 Å². The Kier molecular flexibility index (Phi) is 2.96. The third-order valence-corrected chi connectivity index (χ3v) is 3.39. The Hall–Kier alpha value is -0.710. The number of rotatable bonds is 2. The predicted octanol–water partition coefficient (Wildman–Crippen LogP) is 1.27. The average Bonchev–Trinajstić information content (AvgIpc) is 2.68. The molecular formula is C10H12NO2S-. The van der Waals surface area contributed by atoms with Gasteiger partial charge in [-0.15, -0.1) is 0 Å². The molecule has 1 heterocycles. The maximum absolute atomic E-state index is 10.7. The summed E-state index contributed by atoms with van der Waals surface area (Å²) in [7, 11) is 0. The van der Waals surface area contributed by atoms with E-state index in [4.69, 9.17) is 0 Å². The summed E-state index contributed by atoms with van der Waals surface area (Å²) in [6, 6.07) is 10.1. The molecule has 0 N–H and O–H groups in total. The molecule has 0 bridgehead atoms. The Bertz CT molecular complexity index is 328. The van der Waals surface area contributed by atoms with Crippen LogP contribution in [-0.2, 0) is 11.3 Å². The third-order valence-electron chi connectivity index (χ3n) is 2.63. The minimum atomic E-state index is -2.05. The van der Waals surface area contributed by atoms with Gasteiger partial charge in [0.15, 0.2) is 0 Å². The molecule has 1 saturated heterocycles. The van der Waals surface area contributed by atoms with Crippen molar-refractivity contribution < 1.29 is 8.76 Å². The topological polar surface area (TPSA) is 43.4 Å². The Balaban J connectivity index is 2.06. The zero-order valence-electron chi connectivity index (χ0n) is 7.76. The zero-order valence-corrected chi connectivity index (χ0v) is 8.57. The lowest BCUT2D eigenvalue weighted by Gasteiger charge is -2.18. The summed E-state index contributed by atoms with van der Waals surface area (Å²) in [5.74, 6) is 0.370. The number of hydrogen-bond donors (Lipinski definition) is 0. The summed E-state index contributed by atoms with van der Waals surface area (Å²) in [4.78, 5) is 0. The summed E-state index contributed by atoms with van der Waals surface area (Å²) in [6.45, 7) is 1.27. The standard InChI is InChI=1S/C10H13NO2S/c12-14(13)11-7-6-10(8-11)9-4-2-1-3-5-9/h1-5,10H,6-8H2,(H,12,13)/p-1. The smallest absolute Gasteiger partial charge is 0.0209 e. The van der Waals surface area contributed by atoms with Gasteiger partial charge in [-0.05, 0) is 17.9 Å². The van der Waals surface area contributed by atoms with Crippen LogP contribution in [0.25, 0.3) is 0 Å². The van der Waals surface area contributed by atoms with E-state index in [-0.39, 0.29) is 0 Å². The van der Waals surface area contributed by atoms with Crippen molar-refractivity contribution in [2.75, 3.05) is 13.1 Å². The second-order valence-electron chi connectivity index (χ2n) is 3.50. The molecule has 0 amide bonds. The van der Waals surface area contributed by atoms with Crippen LogP contribution in [0.2, 0.25) is 0 Å². The molecule has 1 aromatic rings. The summed E-state index contributed by atoms with van der Waals surface area (Å²) in [5.41, 5.74) is 1.24. The van der Waals surface area contributed by atoms with Crippen molar-refractivity contribution in [1.82, 2.24) is 4.31 Å². The summed E-state index contributed by atoms with van der Waals surface area (Å²) in [6.07, 6.45) is 0.929. The van der Waals surface area contributed by atoms with E-state index in [0.29, 0.717) is 19.0 Å². The van der Waals surface area contributed by atoms with Gasteiger partial charge >= 0.3 is 0 Å². The molecule has 0 aromatic heterocycles. The average molecular weight is 210 g/mol. The van der Waals surface area contributed by atoms with Gasteiger partial charge in [0.05, 0.1) is 0 Å². The van der Waals surface area contributed by atoms with Gasteiger partial charge < -0.3 is 4.55 Å². The van der Waals surface area contributed by atoms with Gasteiger partial charge in [-0.25, -0.2) is 4.31 Å². The van der Waals surface area contributed by atoms with Crippen LogP contribution in [0.1, 0.15) is 17.9 Å². The molecule has 2 rings (SSSR count). The Morgan fingerprint density at radius 1 is 1.36 bits per heavy atom. The minimum absolute atomic E-state index is 0.370. The highest BCUT2D eigenvalue weighted by Crippen LogP contribution is 2.27. The summed E-state index contributed by atoms with van der Waals surface area (Å²) in [5, 5.41) is 0. The van der Waals surface area contributed by atoms with E-state index < -0.39 is 11.3 Å². The molecule has 76 valence electrons. The molecule has 0 radical (unpaired) electrons. The van der Waals surface area contributed by atoms with Gasteiger partial charge in [0.2, 0.25) is 0 Å². The van der Waals surface area contributed by atoms with Crippen LogP contribution in [0.15, 0.2) is 30.3 Å². The van der Waals surface area contributed by atoms with Crippen molar-refractivity contribution in [2.45, 2.75) is 12.3 Å². The van der Waals surface area contributed by atoms with E-state index in [1.54, 1.807) is 0 Å². The molecule has 14 heavy (non-hydrogen) atoms. The lowest BCUT2D eigenvalue weighted by Crippen LogP contribution is -2.22. The summed E-state index contributed by atoms with van der Waals surface area (Å²) < 4.78 is 22.9. The molecule has 2 unspecified atom stereocenters. The molecule has 0 spiro atoms. The van der Waals surface area contributed by atoms with Crippen molar-refractivity contribution in [3.63, 3.8) is 0 Å². The van der Waals surface area contributed by atoms with Gasteiger partial charge in [0.1, 0.15) is 0 Å². The molecular weight excluding hydrogens is 198 g/mol. The highest BCUT2D eigenvalue weighted by atomic mass is 32.2. The fraction of sp³-hybridized carbons (Fsp3) is 0.400. The highest BCUT2D eigenvalue weighted by Gasteiger charge is 2.23. The molecule has 1 fully saturated rings. The maximum atomic E-state index is 10.7. The first-order chi connectivity index (χ1) is 6.77. The van der Waals surface area contributed by atoms with Gasteiger partial charge in [-0.2, -0.15) is 0 Å². The monoisotopic (exact) mass is 210 g/mol. The molecule has 1 aromatic carbocycles. The molecule has 0 saturated carbocycles. The lowest BCUT2D eigenvalue weighted by atomic mass is 9.99. The fourth-order valence-electron chi connectivity index (χ4n) is 1.86. The SMILES string of the molecule is O=S([O-])N1CCC(c2ccccc2)C1. The third kappa shape index (κ3) is 2.03. The Labute approximate surface area is 86.2 Å². The van der Waals surface area contributed by atoms with E-state index in [9.17, 15) is 8.76 Å². The van der Waals surface area contributed by atoms with Gasteiger partial charge in [-0.1, -0.05) is 30.3 Å². The number of benzene rings is 1. The molecule has 1 aliphatic heterocycles. The molecule has 2 atom stereocenters. The normalized spacial score (nSPS) is 25.1. The lowest BCUT2D eigenvalue weighted by molar-refractivity contribution is 0.435. The van der Waals surface area contributed by atoms with Crippen LogP contribution < -0.4 is 0 Å². The van der Waals surface area contributed by atoms with Crippen molar-refractivity contribution in [2.24, 2.45) is 0 Å². The van der Waals surface area contributed by atoms with E-state index in [1.807, 2.05) is 18.2 Å². The Morgan fingerprint density at radius 3 is 2.64 bits per heavy atom. The quantitative estimate of drug-likeness (QED) is 0.690. The second-order valence-corrected chi connectivity index (χ2v) is 4.45. The van der Waals surface area contributed by atoms with Crippen molar-refractivity contribution in [3.8, 4) is 0 Å². The van der Waals surface area contributed by atoms with Crippen LogP contribution in [0.5, 0.6) is 0 Å². The summed E-state index contributed by atoms with van der Waals surface area (Å²) >= 11 is -2.05. The number of nitrogens with zero attached hydrogens (tertiary/aromatic N) is 1. The number of hydrogen-bond acceptors (Lipinski definition) is 2. The van der Waals surface area contributed by atoms with Crippen molar-refractivity contribution >= 4 is 11.3 Å². The molecule has 4 heteroatoms. The van der Waals surface area contributed by atoms with Crippen LogP contribution in [-0.4, -0.2) is 26.2 Å². The van der Waals surface area contributed by atoms with Gasteiger partial charge in [-0.3, -0.25) is 4.21 Å². The predicted molar refractivity (Wildman–Crippen MR) is 54.3 cm³/mol. The fourth-order valence-corrected chi connectivity index (χ4v) is 2.42. The van der Waals surface area contributed by atoms with Crippen molar-refractivity contribution in [3.05, 3.63) is 35.9 Å². The van der Waals surface area contributed by atoms with Gasteiger partial charge in [0, 0.05) is 24.4 Å². The second kappa shape index (κ2) is 4.21. The van der Waals surface area contributed by atoms with E-state index in [1.165, 1.54) is 9.87 Å². The zero-order chi connectivity index (χ0) is 9.97. The first kappa shape index (κ1) is 9.83. The van der Waals surface area contributed by atoms with Crippen LogP contribution >= 0.6 is 0 Å². The molecule has 0 aliphatic carbocycles. The first-order valence-corrected chi connectivity index (χ1v) is 5.70. The maximum Gasteiger partial charge on any atom is 0.0209 e. The van der Waals surface area contributed by atoms with E-state index in [2.05, 4.69) is 12.1 Å². The molecule has 1 aliphatic rings. The van der Waals surface area contributed by atoms with Crippen molar-refractivity contribution in [1.29, 1.82) is 0 Å². The van der Waals surface area contributed by atoms with Gasteiger partial charge in [0.25, 0.3) is 0 Å². The van der Waals surface area contributed by atoms with E-state index in [0.717, 1.165) is 6.42 Å². The largest absolute Gasteiger partial charge is 0.760 e. The van der Waals surface area contributed by atoms with Crippen LogP contribution in [0.4, 0.5) is 0 Å². The molecule has 3 nitrogen and oxygen atoms in total. The van der Waals surface area contributed by atoms with E-state index >= 15 is 0 Å². The first-order valence-electron chi connectivity index (χ1n) is 4.66.